The van der Waals surface area contributed by atoms with Crippen LogP contribution < -0.4 is 5.32 Å². The second kappa shape index (κ2) is 18.0. The standard InChI is InChI=1S/C45H49N3O7/c1-2-23-47(38-13-6-7-14-38)28-39-25-41(35-17-15-31(29-49)16-18-35)55-44(54-39)36-21-19-34(20-22-36)37-12-8-11-33(24-37)27-48-42(50)26-40(43(48)51)46-45(52)53-30-32-9-4-3-5-10-32/h2-5,8-12,15-22,24,38-41,44,49H,1,6-7,13-14,23,25-30H2,(H,46,52)/t39-,40?,41+,44+/m0/s1. The zero-order chi connectivity index (χ0) is 38.1. The number of carbonyl (C=O) groups is 3. The second-order valence-electron chi connectivity index (χ2n) is 14.6. The minimum Gasteiger partial charge on any atom is -0.445 e. The van der Waals surface area contributed by atoms with E-state index in [0.29, 0.717) is 6.04 Å². The van der Waals surface area contributed by atoms with E-state index in [9.17, 15) is 19.5 Å². The molecule has 2 N–H and O–H groups in total. The van der Waals surface area contributed by atoms with E-state index in [1.807, 2.05) is 109 Å². The largest absolute Gasteiger partial charge is 0.445 e. The molecule has 4 atom stereocenters. The molecule has 286 valence electrons. The SMILES string of the molecule is C=CCN(C[C@@H]1C[C@H](c2ccc(CO)cc2)O[C@H](c2ccc(-c3cccc(CN4C(=O)CC(NC(=O)OCc5ccccc5)C4=O)c3)cc2)O1)C1CCCC1. The molecule has 0 bridgehead atoms. The number of nitrogens with one attached hydrogen (secondary N) is 1. The lowest BCUT2D eigenvalue weighted by atomic mass is 9.98. The number of rotatable bonds is 14. The smallest absolute Gasteiger partial charge is 0.408 e. The number of amides is 3. The van der Waals surface area contributed by atoms with Crippen LogP contribution in [0.3, 0.4) is 0 Å². The number of carbonyl (C=O) groups excluding carboxylic acids is 3. The first-order chi connectivity index (χ1) is 26.9. The normalized spacial score (nSPS) is 21.6. The highest BCUT2D eigenvalue weighted by molar-refractivity contribution is 6.06. The molecular formula is C45H49N3O7. The maximum Gasteiger partial charge on any atom is 0.408 e. The van der Waals surface area contributed by atoms with Gasteiger partial charge in [0, 0.05) is 31.1 Å². The number of aliphatic hydroxyl groups is 1. The fourth-order valence-electron chi connectivity index (χ4n) is 7.84. The Kier molecular flexibility index (Phi) is 12.5. The van der Waals surface area contributed by atoms with Gasteiger partial charge in [0.05, 0.1) is 31.8 Å². The Bertz CT molecular complexity index is 1930. The van der Waals surface area contributed by atoms with Crippen molar-refractivity contribution in [2.75, 3.05) is 13.1 Å². The fourth-order valence-corrected chi connectivity index (χ4v) is 7.84. The number of benzene rings is 4. The van der Waals surface area contributed by atoms with E-state index in [1.54, 1.807) is 0 Å². The Hall–Kier alpha value is -5.13. The molecule has 7 rings (SSSR count). The van der Waals surface area contributed by atoms with Gasteiger partial charge in [-0.05, 0) is 52.3 Å². The number of nitrogens with zero attached hydrogens (tertiary/aromatic N) is 2. The van der Waals surface area contributed by atoms with Gasteiger partial charge in [0.15, 0.2) is 6.29 Å². The summed E-state index contributed by atoms with van der Waals surface area (Å²) in [5.41, 5.74) is 6.34. The van der Waals surface area contributed by atoms with Crippen LogP contribution in [0.25, 0.3) is 11.1 Å². The Morgan fingerprint density at radius 3 is 2.33 bits per heavy atom. The van der Waals surface area contributed by atoms with Gasteiger partial charge < -0.3 is 24.6 Å². The van der Waals surface area contributed by atoms with Crippen molar-refractivity contribution in [3.05, 3.63) is 144 Å². The molecule has 1 aliphatic carbocycles. The van der Waals surface area contributed by atoms with Gasteiger partial charge in [-0.1, -0.05) is 116 Å². The molecule has 3 fully saturated rings. The van der Waals surface area contributed by atoms with Gasteiger partial charge >= 0.3 is 6.09 Å². The van der Waals surface area contributed by atoms with Crippen molar-refractivity contribution >= 4 is 17.9 Å². The molecule has 3 amide bonds. The van der Waals surface area contributed by atoms with Crippen molar-refractivity contribution in [2.24, 2.45) is 0 Å². The number of alkyl carbamates (subject to hydrolysis) is 1. The molecule has 2 aliphatic heterocycles. The summed E-state index contributed by atoms with van der Waals surface area (Å²) in [5, 5.41) is 12.2. The lowest BCUT2D eigenvalue weighted by Gasteiger charge is -2.39. The van der Waals surface area contributed by atoms with Crippen LogP contribution in [-0.4, -0.2) is 64.1 Å². The minimum atomic E-state index is -0.970. The second-order valence-corrected chi connectivity index (χ2v) is 14.6. The highest BCUT2D eigenvalue weighted by Crippen LogP contribution is 2.39. The van der Waals surface area contributed by atoms with E-state index in [-0.39, 0.29) is 44.3 Å². The maximum atomic E-state index is 13.2. The number of hydrogen-bond donors (Lipinski definition) is 2. The molecule has 3 aliphatic rings. The lowest BCUT2D eigenvalue weighted by Crippen LogP contribution is -2.43. The molecule has 10 nitrogen and oxygen atoms in total. The number of ether oxygens (including phenoxy) is 3. The quantitative estimate of drug-likeness (QED) is 0.102. The van der Waals surface area contributed by atoms with E-state index in [2.05, 4.69) is 16.8 Å². The van der Waals surface area contributed by atoms with Crippen LogP contribution in [0.2, 0.25) is 0 Å². The number of likely N-dealkylation sites (tertiary alicyclic amines) is 1. The number of imide groups is 1. The lowest BCUT2D eigenvalue weighted by molar-refractivity contribution is -0.253. The third kappa shape index (κ3) is 9.58. The van der Waals surface area contributed by atoms with E-state index in [1.165, 1.54) is 30.6 Å². The first kappa shape index (κ1) is 38.2. The van der Waals surface area contributed by atoms with Gasteiger partial charge in [-0.25, -0.2) is 4.79 Å². The van der Waals surface area contributed by atoms with Crippen LogP contribution in [0.15, 0.2) is 116 Å². The first-order valence-corrected chi connectivity index (χ1v) is 19.2. The Labute approximate surface area is 322 Å². The van der Waals surface area contributed by atoms with Crippen LogP contribution in [-0.2, 0) is 43.6 Å². The Morgan fingerprint density at radius 2 is 1.60 bits per heavy atom. The monoisotopic (exact) mass is 743 g/mol. The molecule has 0 radical (unpaired) electrons. The number of aliphatic hydroxyl groups excluding tert-OH is 1. The average molecular weight is 744 g/mol. The van der Waals surface area contributed by atoms with Gasteiger partial charge in [0.25, 0.3) is 5.91 Å². The van der Waals surface area contributed by atoms with E-state index < -0.39 is 24.3 Å². The number of hydrogen-bond acceptors (Lipinski definition) is 8. The van der Waals surface area contributed by atoms with Crippen LogP contribution in [0.1, 0.15) is 78.7 Å². The highest BCUT2D eigenvalue weighted by Gasteiger charge is 2.40. The summed E-state index contributed by atoms with van der Waals surface area (Å²) in [4.78, 5) is 42.2. The van der Waals surface area contributed by atoms with Gasteiger partial charge in [0.2, 0.25) is 5.91 Å². The summed E-state index contributed by atoms with van der Waals surface area (Å²) in [7, 11) is 0. The molecule has 2 heterocycles. The van der Waals surface area contributed by atoms with Crippen molar-refractivity contribution in [1.82, 2.24) is 15.1 Å². The maximum absolute atomic E-state index is 13.2. The van der Waals surface area contributed by atoms with Crippen LogP contribution in [0.4, 0.5) is 4.79 Å². The highest BCUT2D eigenvalue weighted by atomic mass is 16.7. The predicted octanol–water partition coefficient (Wildman–Crippen LogP) is 7.38. The minimum absolute atomic E-state index is 0.00626. The molecule has 55 heavy (non-hydrogen) atoms. The molecular weight excluding hydrogens is 695 g/mol. The molecule has 1 unspecified atom stereocenters. The topological polar surface area (TPSA) is 118 Å². The molecule has 1 saturated carbocycles. The van der Waals surface area contributed by atoms with Crippen LogP contribution in [0, 0.1) is 0 Å². The van der Waals surface area contributed by atoms with Crippen molar-refractivity contribution in [3.63, 3.8) is 0 Å². The molecule has 4 aromatic carbocycles. The molecule has 4 aromatic rings. The van der Waals surface area contributed by atoms with Gasteiger partial charge in [-0.15, -0.1) is 6.58 Å². The summed E-state index contributed by atoms with van der Waals surface area (Å²) >= 11 is 0. The summed E-state index contributed by atoms with van der Waals surface area (Å²) < 4.78 is 18.6. The van der Waals surface area contributed by atoms with Crippen LogP contribution in [0.5, 0.6) is 0 Å². The summed E-state index contributed by atoms with van der Waals surface area (Å²) in [6.45, 7) is 5.79. The summed E-state index contributed by atoms with van der Waals surface area (Å²) in [6, 6.07) is 32.6. The Balaban J connectivity index is 1.01. The van der Waals surface area contributed by atoms with E-state index in [0.717, 1.165) is 58.5 Å². The molecule has 0 spiro atoms. The zero-order valence-electron chi connectivity index (χ0n) is 31.1. The third-order valence-electron chi connectivity index (χ3n) is 10.8. The Morgan fingerprint density at radius 1 is 0.873 bits per heavy atom. The first-order valence-electron chi connectivity index (χ1n) is 19.2. The average Bonchev–Trinajstić information content (AvgIpc) is 3.85. The van der Waals surface area contributed by atoms with E-state index in [4.69, 9.17) is 14.2 Å². The van der Waals surface area contributed by atoms with Crippen molar-refractivity contribution in [3.8, 4) is 11.1 Å². The van der Waals surface area contributed by atoms with Crippen molar-refractivity contribution in [1.29, 1.82) is 0 Å². The molecule has 0 aromatic heterocycles. The zero-order valence-corrected chi connectivity index (χ0v) is 31.1. The molecule has 10 heteroatoms. The van der Waals surface area contributed by atoms with Crippen LogP contribution >= 0.6 is 0 Å². The fraction of sp³-hybridized carbons (Fsp3) is 0.356. The molecule has 2 saturated heterocycles. The summed E-state index contributed by atoms with van der Waals surface area (Å²) in [6.07, 6.45) is 5.95. The third-order valence-corrected chi connectivity index (χ3v) is 10.8. The van der Waals surface area contributed by atoms with Crippen molar-refractivity contribution < 1.29 is 33.7 Å². The van der Waals surface area contributed by atoms with Gasteiger partial charge in [-0.2, -0.15) is 0 Å². The van der Waals surface area contributed by atoms with Crippen molar-refractivity contribution in [2.45, 2.75) is 88.9 Å². The summed E-state index contributed by atoms with van der Waals surface area (Å²) in [5.74, 6) is -0.807. The predicted molar refractivity (Wildman–Crippen MR) is 208 cm³/mol. The van der Waals surface area contributed by atoms with Gasteiger partial charge in [0.1, 0.15) is 12.6 Å². The van der Waals surface area contributed by atoms with Gasteiger partial charge in [-0.3, -0.25) is 19.4 Å². The van der Waals surface area contributed by atoms with E-state index >= 15 is 0 Å².